The lowest BCUT2D eigenvalue weighted by atomic mass is 10.1. The monoisotopic (exact) mass is 420 g/mol. The molecule has 3 heterocycles. The molecule has 1 fully saturated rings. The highest BCUT2D eigenvalue weighted by Crippen LogP contribution is 2.28. The normalized spacial score (nSPS) is 25.8. The molecular formula is C17H20N6O7. The van der Waals surface area contributed by atoms with Crippen LogP contribution in [0.2, 0.25) is 0 Å². The Hall–Kier alpha value is -3.10. The second-order valence-electron chi connectivity index (χ2n) is 6.78. The van der Waals surface area contributed by atoms with Crippen molar-refractivity contribution in [3.05, 3.63) is 57.1 Å². The van der Waals surface area contributed by atoms with Gasteiger partial charge in [0.25, 0.3) is 5.69 Å². The fourth-order valence-electron chi connectivity index (χ4n) is 3.38. The zero-order valence-electron chi connectivity index (χ0n) is 15.6. The minimum absolute atomic E-state index is 0.0278. The second-order valence-corrected chi connectivity index (χ2v) is 6.78. The van der Waals surface area contributed by atoms with Gasteiger partial charge in [-0.25, -0.2) is 15.0 Å². The summed E-state index contributed by atoms with van der Waals surface area (Å²) in [6.45, 7) is -0.581. The molecule has 2 aromatic rings. The van der Waals surface area contributed by atoms with Gasteiger partial charge in [-0.05, 0) is 6.07 Å². The zero-order valence-corrected chi connectivity index (χ0v) is 15.6. The van der Waals surface area contributed by atoms with Crippen molar-refractivity contribution in [3.63, 3.8) is 0 Å². The van der Waals surface area contributed by atoms with Crippen LogP contribution >= 0.6 is 0 Å². The minimum Gasteiger partial charge on any atom is -0.394 e. The van der Waals surface area contributed by atoms with E-state index in [0.717, 1.165) is 0 Å². The summed E-state index contributed by atoms with van der Waals surface area (Å²) >= 11 is 0. The predicted molar refractivity (Wildman–Crippen MR) is 98.2 cm³/mol. The van der Waals surface area contributed by atoms with Gasteiger partial charge in [0, 0.05) is 6.07 Å². The van der Waals surface area contributed by atoms with Crippen molar-refractivity contribution in [3.8, 4) is 0 Å². The number of hydroxylamine groups is 2. The lowest BCUT2D eigenvalue weighted by Gasteiger charge is -2.24. The molecule has 1 aromatic carbocycles. The molecule has 5 N–H and O–H groups in total. The van der Waals surface area contributed by atoms with Crippen molar-refractivity contribution in [2.24, 2.45) is 10.7 Å². The van der Waals surface area contributed by atoms with E-state index in [1.54, 1.807) is 18.2 Å². The number of para-hydroxylation sites is 1. The molecule has 4 rings (SSSR count). The van der Waals surface area contributed by atoms with Gasteiger partial charge in [-0.3, -0.25) is 19.5 Å². The highest BCUT2D eigenvalue weighted by molar-refractivity contribution is 5.39. The summed E-state index contributed by atoms with van der Waals surface area (Å²) < 4.78 is 6.92. The predicted octanol–water partition coefficient (Wildman–Crippen LogP) is -2.55. The van der Waals surface area contributed by atoms with Gasteiger partial charge in [0.2, 0.25) is 0 Å². The number of rotatable bonds is 6. The molecule has 0 aliphatic carbocycles. The number of fused-ring (bicyclic) bond motifs is 1. The molecule has 13 nitrogen and oxygen atoms in total. The first-order valence-electron chi connectivity index (χ1n) is 9.04. The van der Waals surface area contributed by atoms with E-state index in [1.807, 2.05) is 0 Å². The van der Waals surface area contributed by atoms with E-state index in [-0.39, 0.29) is 30.1 Å². The van der Waals surface area contributed by atoms with Crippen LogP contribution in [0, 0.1) is 10.1 Å². The number of hydrogen-bond donors (Lipinski definition) is 4. The maximum Gasteiger partial charge on any atom is 0.275 e. The average molecular weight is 420 g/mol. The van der Waals surface area contributed by atoms with Crippen molar-refractivity contribution in [2.75, 3.05) is 13.3 Å². The molecule has 0 bridgehead atoms. The molecule has 0 saturated carbocycles. The second kappa shape index (κ2) is 7.97. The SMILES string of the molecule is NC1=c2ncn([C@@H]3O[C@H](CO)[C@@H](O)[C@H]3O)c2=NCN1OCc1ccccc1[N+](=O)[O-]. The number of nitrogens with zero attached hydrogens (tertiary/aromatic N) is 5. The Bertz CT molecular complexity index is 1070. The molecule has 2 aliphatic heterocycles. The van der Waals surface area contributed by atoms with Crippen LogP contribution in [0.3, 0.4) is 0 Å². The zero-order chi connectivity index (χ0) is 21.4. The Morgan fingerprint density at radius 3 is 2.80 bits per heavy atom. The van der Waals surface area contributed by atoms with E-state index in [0.29, 0.717) is 11.1 Å². The van der Waals surface area contributed by atoms with Crippen molar-refractivity contribution in [1.29, 1.82) is 0 Å². The third-order valence-corrected chi connectivity index (χ3v) is 4.98. The van der Waals surface area contributed by atoms with Crippen LogP contribution in [-0.2, 0) is 16.2 Å². The molecule has 2 aliphatic rings. The maximum absolute atomic E-state index is 11.1. The topological polar surface area (TPSA) is 182 Å². The summed E-state index contributed by atoms with van der Waals surface area (Å²) in [5.74, 6) is 0.129. The van der Waals surface area contributed by atoms with Gasteiger partial charge in [-0.2, -0.15) is 0 Å². The van der Waals surface area contributed by atoms with E-state index < -0.39 is 36.1 Å². The van der Waals surface area contributed by atoms with Crippen molar-refractivity contribution < 1.29 is 29.8 Å². The first-order chi connectivity index (χ1) is 14.4. The fraction of sp³-hybridized carbons (Fsp3) is 0.412. The van der Waals surface area contributed by atoms with Gasteiger partial charge in [0.05, 0.1) is 23.4 Å². The summed E-state index contributed by atoms with van der Waals surface area (Å²) in [4.78, 5) is 24.8. The largest absolute Gasteiger partial charge is 0.394 e. The Morgan fingerprint density at radius 1 is 1.33 bits per heavy atom. The van der Waals surface area contributed by atoms with E-state index >= 15 is 0 Å². The summed E-state index contributed by atoms with van der Waals surface area (Å²) in [6.07, 6.45) is -3.12. The number of aliphatic hydroxyl groups is 3. The highest BCUT2D eigenvalue weighted by Gasteiger charge is 2.44. The molecule has 4 atom stereocenters. The molecule has 1 saturated heterocycles. The first-order valence-corrected chi connectivity index (χ1v) is 9.04. The van der Waals surface area contributed by atoms with Crippen LogP contribution < -0.4 is 16.6 Å². The van der Waals surface area contributed by atoms with Gasteiger partial charge < -0.3 is 25.8 Å². The Kier molecular flexibility index (Phi) is 5.36. The van der Waals surface area contributed by atoms with Crippen LogP contribution in [0.4, 0.5) is 5.69 Å². The van der Waals surface area contributed by atoms with Crippen molar-refractivity contribution in [1.82, 2.24) is 14.6 Å². The van der Waals surface area contributed by atoms with Crippen molar-refractivity contribution >= 4 is 11.5 Å². The number of nitrogens with two attached hydrogens (primary N) is 1. The quantitative estimate of drug-likeness (QED) is 0.287. The van der Waals surface area contributed by atoms with Gasteiger partial charge in [0.15, 0.2) is 17.5 Å². The summed E-state index contributed by atoms with van der Waals surface area (Å²) in [5.41, 5.74) is 6.75. The molecule has 30 heavy (non-hydrogen) atoms. The van der Waals surface area contributed by atoms with Gasteiger partial charge in [-0.1, -0.05) is 12.1 Å². The van der Waals surface area contributed by atoms with Crippen LogP contribution in [0.1, 0.15) is 11.8 Å². The Balaban J connectivity index is 1.56. The van der Waals surface area contributed by atoms with Gasteiger partial charge in [-0.15, -0.1) is 0 Å². The number of hydrogen-bond acceptors (Lipinski definition) is 11. The number of nitro groups is 1. The van der Waals surface area contributed by atoms with Gasteiger partial charge >= 0.3 is 0 Å². The molecule has 0 amide bonds. The summed E-state index contributed by atoms with van der Waals surface area (Å²) in [7, 11) is 0. The number of aromatic nitrogens is 2. The Labute approximate surface area is 169 Å². The van der Waals surface area contributed by atoms with E-state index in [4.69, 9.17) is 15.3 Å². The molecule has 0 spiro atoms. The number of nitro benzene ring substituents is 1. The van der Waals surface area contributed by atoms with Crippen molar-refractivity contribution in [2.45, 2.75) is 31.1 Å². The third kappa shape index (κ3) is 3.38. The standard InChI is InChI=1S/C17H20N6O7/c18-15-12-16(21(7-19-12)17-14(26)13(25)11(5-24)30-17)20-8-22(15)29-6-9-3-1-2-4-10(9)23(27)28/h1-4,7,11,13-14,17,24-26H,5-6,8,18H2/t11-,13-,14-,17-/m1/s1. The molecule has 1 aromatic heterocycles. The van der Waals surface area contributed by atoms with E-state index in [9.17, 15) is 25.4 Å². The van der Waals surface area contributed by atoms with Gasteiger partial charge in [0.1, 0.15) is 36.9 Å². The number of imidazole rings is 1. The van der Waals surface area contributed by atoms with E-state index in [1.165, 1.54) is 22.0 Å². The summed E-state index contributed by atoms with van der Waals surface area (Å²) in [6, 6.07) is 6.19. The van der Waals surface area contributed by atoms with Crippen LogP contribution in [0.25, 0.3) is 5.82 Å². The average Bonchev–Trinajstić information content (AvgIpc) is 3.29. The Morgan fingerprint density at radius 2 is 2.10 bits per heavy atom. The lowest BCUT2D eigenvalue weighted by Crippen LogP contribution is -2.47. The third-order valence-electron chi connectivity index (χ3n) is 4.98. The smallest absolute Gasteiger partial charge is 0.275 e. The fourth-order valence-corrected chi connectivity index (χ4v) is 3.38. The molecule has 0 unspecified atom stereocenters. The molecule has 0 radical (unpaired) electrons. The van der Waals surface area contributed by atoms with E-state index in [2.05, 4.69) is 9.98 Å². The first kappa shape index (κ1) is 20.2. The summed E-state index contributed by atoms with van der Waals surface area (Å²) in [5, 5.41) is 42.1. The maximum atomic E-state index is 11.1. The number of benzene rings is 1. The molecule has 13 heteroatoms. The molecular weight excluding hydrogens is 400 g/mol. The minimum atomic E-state index is -1.29. The van der Waals surface area contributed by atoms with Crippen LogP contribution in [0.5, 0.6) is 0 Å². The van der Waals surface area contributed by atoms with Crippen LogP contribution in [-0.4, -0.2) is 66.4 Å². The molecule has 160 valence electrons. The van der Waals surface area contributed by atoms with Crippen LogP contribution in [0.15, 0.2) is 35.6 Å². The number of aliphatic hydroxyl groups excluding tert-OH is 3. The number of ether oxygens (including phenoxy) is 1. The highest BCUT2D eigenvalue weighted by atomic mass is 16.7. The lowest BCUT2D eigenvalue weighted by molar-refractivity contribution is -0.386.